The summed E-state index contributed by atoms with van der Waals surface area (Å²) >= 11 is 0. The zero-order valence-corrected chi connectivity index (χ0v) is 14.3. The Bertz CT molecular complexity index is 856. The zero-order chi connectivity index (χ0) is 17.8. The van der Waals surface area contributed by atoms with E-state index in [0.717, 1.165) is 12.0 Å². The maximum absolute atomic E-state index is 13.1. The molecule has 0 aliphatic heterocycles. The minimum absolute atomic E-state index is 0.0840. The molecule has 0 aliphatic carbocycles. The molecule has 128 valence electrons. The lowest BCUT2D eigenvalue weighted by molar-refractivity contribution is 0.0786. The van der Waals surface area contributed by atoms with Crippen LogP contribution in [0.4, 0.5) is 4.39 Å². The molecule has 0 saturated heterocycles. The molecule has 3 rings (SSSR count). The van der Waals surface area contributed by atoms with Gasteiger partial charge in [0.2, 0.25) is 0 Å². The Morgan fingerprint density at radius 1 is 1.12 bits per heavy atom. The number of benzene rings is 2. The van der Waals surface area contributed by atoms with Crippen LogP contribution in [0.2, 0.25) is 0 Å². The fraction of sp³-hybridized carbons (Fsp3) is 0.200. The van der Waals surface area contributed by atoms with E-state index in [0.29, 0.717) is 17.9 Å². The Labute approximate surface area is 146 Å². The fourth-order valence-corrected chi connectivity index (χ4v) is 2.67. The molecule has 0 bridgehead atoms. The van der Waals surface area contributed by atoms with Crippen LogP contribution in [-0.2, 0) is 13.5 Å². The number of likely N-dealkylation sites (N-methyl/N-ethyl adjacent to an activating group) is 1. The van der Waals surface area contributed by atoms with Crippen molar-refractivity contribution in [3.63, 3.8) is 0 Å². The average Bonchev–Trinajstić information content (AvgIpc) is 3.02. The standard InChI is InChI=1S/C20H20FN3O/c1-23(13-12-15-6-4-3-5-7-15)20(25)19-14-18(22-24(19)2)16-8-10-17(21)11-9-16/h3-11,14H,12-13H2,1-2H3. The monoisotopic (exact) mass is 337 g/mol. The van der Waals surface area contributed by atoms with Crippen molar-refractivity contribution < 1.29 is 9.18 Å². The van der Waals surface area contributed by atoms with Crippen molar-refractivity contribution in [1.29, 1.82) is 0 Å². The molecule has 2 aromatic carbocycles. The lowest BCUT2D eigenvalue weighted by atomic mass is 10.1. The molecular formula is C20H20FN3O. The van der Waals surface area contributed by atoms with Crippen LogP contribution >= 0.6 is 0 Å². The van der Waals surface area contributed by atoms with E-state index in [1.807, 2.05) is 18.2 Å². The number of amides is 1. The fourth-order valence-electron chi connectivity index (χ4n) is 2.67. The molecule has 5 heteroatoms. The minimum Gasteiger partial charge on any atom is -0.340 e. The third kappa shape index (κ3) is 3.94. The lowest BCUT2D eigenvalue weighted by Gasteiger charge is -2.17. The maximum Gasteiger partial charge on any atom is 0.271 e. The average molecular weight is 337 g/mol. The van der Waals surface area contributed by atoms with Gasteiger partial charge in [-0.3, -0.25) is 9.48 Å². The SMILES string of the molecule is CN(CCc1ccccc1)C(=O)c1cc(-c2ccc(F)cc2)nn1C. The number of halogens is 1. The molecule has 0 unspecified atom stereocenters. The van der Waals surface area contributed by atoms with Crippen molar-refractivity contribution in [2.75, 3.05) is 13.6 Å². The molecule has 0 fully saturated rings. The lowest BCUT2D eigenvalue weighted by Crippen LogP contribution is -2.30. The highest BCUT2D eigenvalue weighted by Crippen LogP contribution is 2.20. The van der Waals surface area contributed by atoms with Crippen molar-refractivity contribution in [1.82, 2.24) is 14.7 Å². The van der Waals surface area contributed by atoms with Gasteiger partial charge in [0.25, 0.3) is 5.91 Å². The van der Waals surface area contributed by atoms with Gasteiger partial charge in [-0.05, 0) is 42.3 Å². The predicted molar refractivity (Wildman–Crippen MR) is 95.7 cm³/mol. The molecule has 1 aromatic heterocycles. The third-order valence-corrected chi connectivity index (χ3v) is 4.16. The number of hydrogen-bond acceptors (Lipinski definition) is 2. The van der Waals surface area contributed by atoms with E-state index in [2.05, 4.69) is 17.2 Å². The van der Waals surface area contributed by atoms with E-state index >= 15 is 0 Å². The number of aryl methyl sites for hydroxylation is 1. The van der Waals surface area contributed by atoms with Crippen molar-refractivity contribution in [2.45, 2.75) is 6.42 Å². The van der Waals surface area contributed by atoms with Crippen LogP contribution in [0, 0.1) is 5.82 Å². The van der Waals surface area contributed by atoms with Crippen LogP contribution in [-0.4, -0.2) is 34.2 Å². The molecule has 1 heterocycles. The van der Waals surface area contributed by atoms with Crippen molar-refractivity contribution in [2.24, 2.45) is 7.05 Å². The summed E-state index contributed by atoms with van der Waals surface area (Å²) in [7, 11) is 3.53. The van der Waals surface area contributed by atoms with Gasteiger partial charge in [0, 0.05) is 26.2 Å². The first-order valence-corrected chi connectivity index (χ1v) is 8.14. The van der Waals surface area contributed by atoms with Crippen LogP contribution in [0.5, 0.6) is 0 Å². The first kappa shape index (κ1) is 16.9. The number of carbonyl (C=O) groups is 1. The predicted octanol–water partition coefficient (Wildman–Crippen LogP) is 3.54. The molecule has 0 aliphatic rings. The van der Waals surface area contributed by atoms with E-state index in [9.17, 15) is 9.18 Å². The highest BCUT2D eigenvalue weighted by molar-refractivity contribution is 5.93. The van der Waals surface area contributed by atoms with Gasteiger partial charge in [0.15, 0.2) is 0 Å². The van der Waals surface area contributed by atoms with Crippen LogP contribution in [0.1, 0.15) is 16.1 Å². The normalized spacial score (nSPS) is 10.7. The quantitative estimate of drug-likeness (QED) is 0.714. The van der Waals surface area contributed by atoms with Crippen molar-refractivity contribution >= 4 is 5.91 Å². The maximum atomic E-state index is 13.1. The number of carbonyl (C=O) groups excluding carboxylic acids is 1. The molecular weight excluding hydrogens is 317 g/mol. The number of aromatic nitrogens is 2. The molecule has 3 aromatic rings. The first-order valence-electron chi connectivity index (χ1n) is 8.14. The van der Waals surface area contributed by atoms with Crippen molar-refractivity contribution in [3.05, 3.63) is 77.7 Å². The molecule has 0 radical (unpaired) electrons. The Hall–Kier alpha value is -2.95. The molecule has 0 N–H and O–H groups in total. The van der Waals surface area contributed by atoms with Crippen LogP contribution in [0.3, 0.4) is 0 Å². The Balaban J connectivity index is 1.72. The van der Waals surface area contributed by atoms with Crippen LogP contribution < -0.4 is 0 Å². The molecule has 0 atom stereocenters. The zero-order valence-electron chi connectivity index (χ0n) is 14.3. The van der Waals surface area contributed by atoms with Gasteiger partial charge in [-0.1, -0.05) is 30.3 Å². The van der Waals surface area contributed by atoms with Crippen LogP contribution in [0.15, 0.2) is 60.7 Å². The molecule has 0 spiro atoms. The summed E-state index contributed by atoms with van der Waals surface area (Å²) < 4.78 is 14.6. The van der Waals surface area contributed by atoms with Crippen molar-refractivity contribution in [3.8, 4) is 11.3 Å². The smallest absolute Gasteiger partial charge is 0.271 e. The van der Waals surface area contributed by atoms with Gasteiger partial charge < -0.3 is 4.90 Å². The van der Waals surface area contributed by atoms with E-state index < -0.39 is 0 Å². The van der Waals surface area contributed by atoms with E-state index in [-0.39, 0.29) is 11.7 Å². The van der Waals surface area contributed by atoms with Gasteiger partial charge in [-0.25, -0.2) is 4.39 Å². The Kier molecular flexibility index (Phi) is 4.93. The molecule has 4 nitrogen and oxygen atoms in total. The summed E-state index contributed by atoms with van der Waals surface area (Å²) in [6, 6.07) is 17.9. The highest BCUT2D eigenvalue weighted by atomic mass is 19.1. The number of nitrogens with zero attached hydrogens (tertiary/aromatic N) is 3. The van der Waals surface area contributed by atoms with E-state index in [4.69, 9.17) is 0 Å². The molecule has 25 heavy (non-hydrogen) atoms. The molecule has 1 amide bonds. The second-order valence-corrected chi connectivity index (χ2v) is 6.01. The van der Waals surface area contributed by atoms with Crippen LogP contribution in [0.25, 0.3) is 11.3 Å². The van der Waals surface area contributed by atoms with Gasteiger partial charge >= 0.3 is 0 Å². The Morgan fingerprint density at radius 3 is 2.48 bits per heavy atom. The largest absolute Gasteiger partial charge is 0.340 e. The third-order valence-electron chi connectivity index (χ3n) is 4.16. The van der Waals surface area contributed by atoms with Gasteiger partial charge in [0.1, 0.15) is 11.5 Å². The van der Waals surface area contributed by atoms with Gasteiger partial charge in [-0.2, -0.15) is 5.10 Å². The Morgan fingerprint density at radius 2 is 1.80 bits per heavy atom. The summed E-state index contributed by atoms with van der Waals surface area (Å²) in [5.41, 5.74) is 3.14. The summed E-state index contributed by atoms with van der Waals surface area (Å²) in [5.74, 6) is -0.379. The number of rotatable bonds is 5. The topological polar surface area (TPSA) is 38.1 Å². The summed E-state index contributed by atoms with van der Waals surface area (Å²) in [6.45, 7) is 0.625. The van der Waals surface area contributed by atoms with Gasteiger partial charge in [0.05, 0.1) is 5.69 Å². The van der Waals surface area contributed by atoms with Gasteiger partial charge in [-0.15, -0.1) is 0 Å². The second-order valence-electron chi connectivity index (χ2n) is 6.01. The van der Waals surface area contributed by atoms with E-state index in [1.165, 1.54) is 17.7 Å². The second kappa shape index (κ2) is 7.30. The summed E-state index contributed by atoms with van der Waals surface area (Å²) in [5, 5.41) is 4.38. The van der Waals surface area contributed by atoms with E-state index in [1.54, 1.807) is 41.9 Å². The minimum atomic E-state index is -0.295. The first-order chi connectivity index (χ1) is 12.0. The summed E-state index contributed by atoms with van der Waals surface area (Å²) in [4.78, 5) is 14.4. The summed E-state index contributed by atoms with van der Waals surface area (Å²) in [6.07, 6.45) is 0.797. The highest BCUT2D eigenvalue weighted by Gasteiger charge is 2.18. The molecule has 0 saturated carbocycles. The number of hydrogen-bond donors (Lipinski definition) is 0.